The van der Waals surface area contributed by atoms with Crippen LogP contribution in [-0.2, 0) is 18.4 Å². The van der Waals surface area contributed by atoms with Crippen molar-refractivity contribution in [2.24, 2.45) is 5.73 Å². The zero-order valence-corrected chi connectivity index (χ0v) is 29.0. The lowest BCUT2D eigenvalue weighted by atomic mass is 10.0. The van der Waals surface area contributed by atoms with Gasteiger partial charge in [-0.05, 0) is 44.9 Å². The average Bonchev–Trinajstić information content (AvgIpc) is 3.01. The molecule has 1 amide bonds. The van der Waals surface area contributed by atoms with Crippen molar-refractivity contribution in [2.75, 3.05) is 19.8 Å². The highest BCUT2D eigenvalue weighted by Gasteiger charge is 2.26. The lowest BCUT2D eigenvalue weighted by molar-refractivity contribution is -0.123. The molecule has 0 aliphatic rings. The Hall–Kier alpha value is -1.28. The zero-order valence-electron chi connectivity index (χ0n) is 28.1. The Bertz CT molecular complexity index is 789. The van der Waals surface area contributed by atoms with Crippen LogP contribution in [-0.4, -0.2) is 47.8 Å². The van der Waals surface area contributed by atoms with Crippen LogP contribution in [0, 0.1) is 0 Å². The van der Waals surface area contributed by atoms with E-state index in [-0.39, 0.29) is 25.7 Å². The van der Waals surface area contributed by atoms with Gasteiger partial charge in [0, 0.05) is 13.0 Å². The molecule has 0 saturated carbocycles. The molecule has 3 atom stereocenters. The van der Waals surface area contributed by atoms with Gasteiger partial charge in [0.2, 0.25) is 5.91 Å². The number of hydrogen-bond donors (Lipinski definition) is 4. The van der Waals surface area contributed by atoms with Crippen molar-refractivity contribution >= 4 is 13.7 Å². The SMILES string of the molecule is CCCCCC/C=C/CC/C=C/CC/C=C/C(O)C(COP(=O)(O)OCCN)NC(=O)CCCCCCCCCCCCC. The van der Waals surface area contributed by atoms with Gasteiger partial charge in [0.25, 0.3) is 0 Å². The summed E-state index contributed by atoms with van der Waals surface area (Å²) in [5.41, 5.74) is 5.34. The molecule has 0 aliphatic heterocycles. The molecule has 9 heteroatoms. The maximum Gasteiger partial charge on any atom is 0.472 e. The van der Waals surface area contributed by atoms with E-state index in [0.717, 1.165) is 44.9 Å². The second kappa shape index (κ2) is 31.7. The second-order valence-electron chi connectivity index (χ2n) is 11.7. The van der Waals surface area contributed by atoms with Crippen molar-refractivity contribution in [2.45, 2.75) is 161 Å². The monoisotopic (exact) mass is 642 g/mol. The first kappa shape index (κ1) is 42.7. The van der Waals surface area contributed by atoms with Gasteiger partial charge in [-0.15, -0.1) is 0 Å². The van der Waals surface area contributed by atoms with Crippen molar-refractivity contribution in [3.63, 3.8) is 0 Å². The molecule has 0 rings (SSSR count). The largest absolute Gasteiger partial charge is 0.472 e. The molecule has 3 unspecified atom stereocenters. The van der Waals surface area contributed by atoms with E-state index in [9.17, 15) is 19.4 Å². The van der Waals surface area contributed by atoms with Crippen molar-refractivity contribution in [3.05, 3.63) is 36.5 Å². The van der Waals surface area contributed by atoms with Crippen LogP contribution in [0.25, 0.3) is 0 Å². The van der Waals surface area contributed by atoms with Gasteiger partial charge in [0.05, 0.1) is 25.4 Å². The molecule has 0 aromatic heterocycles. The standard InChI is InChI=1S/C35H67N2O6P/c1-3-5-7-9-11-13-15-16-17-19-20-22-24-26-28-34(38)33(32-43-44(40,41)42-31-30-36)37-35(39)29-27-25-23-21-18-14-12-10-8-6-4-2/h13,15,19-20,26,28,33-34,38H,3-12,14,16-18,21-25,27,29-32,36H2,1-2H3,(H,37,39)(H,40,41)/b15-13+,20-19+,28-26+. The molecule has 0 saturated heterocycles. The Kier molecular flexibility index (Phi) is 30.8. The number of unbranched alkanes of at least 4 members (excludes halogenated alkanes) is 16. The number of aliphatic hydroxyl groups excluding tert-OH is 1. The quantitative estimate of drug-likeness (QED) is 0.0328. The van der Waals surface area contributed by atoms with Crippen molar-refractivity contribution < 1.29 is 28.4 Å². The fourth-order valence-electron chi connectivity index (χ4n) is 4.75. The minimum atomic E-state index is -4.34. The number of rotatable bonds is 32. The number of carbonyl (C=O) groups is 1. The first-order chi connectivity index (χ1) is 21.4. The van der Waals surface area contributed by atoms with E-state index < -0.39 is 20.0 Å². The Labute approximate surface area is 269 Å². The Morgan fingerprint density at radius 3 is 1.75 bits per heavy atom. The van der Waals surface area contributed by atoms with Gasteiger partial charge in [0.1, 0.15) is 0 Å². The number of amides is 1. The molecule has 0 heterocycles. The first-order valence-electron chi connectivity index (χ1n) is 17.6. The van der Waals surface area contributed by atoms with E-state index >= 15 is 0 Å². The molecular weight excluding hydrogens is 575 g/mol. The van der Waals surface area contributed by atoms with Crippen LogP contribution >= 0.6 is 7.82 Å². The summed E-state index contributed by atoms with van der Waals surface area (Å²) in [5, 5.41) is 13.5. The molecule has 8 nitrogen and oxygen atoms in total. The van der Waals surface area contributed by atoms with Crippen molar-refractivity contribution in [3.8, 4) is 0 Å². The normalized spacial score (nSPS) is 14.9. The predicted molar refractivity (Wildman–Crippen MR) is 184 cm³/mol. The van der Waals surface area contributed by atoms with Gasteiger partial charge in [-0.1, -0.05) is 134 Å². The number of phosphoric ester groups is 1. The molecule has 0 radical (unpaired) electrons. The average molecular weight is 643 g/mol. The first-order valence-corrected chi connectivity index (χ1v) is 19.1. The molecule has 0 aromatic carbocycles. The third-order valence-electron chi connectivity index (χ3n) is 7.45. The highest BCUT2D eigenvalue weighted by atomic mass is 31.2. The number of allylic oxidation sites excluding steroid dienone is 5. The van der Waals surface area contributed by atoms with Crippen LogP contribution in [0.4, 0.5) is 0 Å². The minimum absolute atomic E-state index is 0.0721. The predicted octanol–water partition coefficient (Wildman–Crippen LogP) is 8.82. The zero-order chi connectivity index (χ0) is 32.6. The summed E-state index contributed by atoms with van der Waals surface area (Å²) in [6.45, 7) is 4.04. The van der Waals surface area contributed by atoms with Crippen LogP contribution in [0.2, 0.25) is 0 Å². The third-order valence-corrected chi connectivity index (χ3v) is 8.43. The molecule has 0 spiro atoms. The summed E-state index contributed by atoms with van der Waals surface area (Å²) in [6, 6.07) is -0.877. The summed E-state index contributed by atoms with van der Waals surface area (Å²) in [5.74, 6) is -0.212. The summed E-state index contributed by atoms with van der Waals surface area (Å²) >= 11 is 0. The van der Waals surface area contributed by atoms with Crippen molar-refractivity contribution in [1.82, 2.24) is 5.32 Å². The van der Waals surface area contributed by atoms with E-state index in [4.69, 9.17) is 14.8 Å². The molecule has 0 fully saturated rings. The van der Waals surface area contributed by atoms with Crippen molar-refractivity contribution in [1.29, 1.82) is 0 Å². The van der Waals surface area contributed by atoms with Crippen LogP contribution in [0.15, 0.2) is 36.5 Å². The molecule has 258 valence electrons. The number of carbonyl (C=O) groups excluding carboxylic acids is 1. The summed E-state index contributed by atoms with van der Waals surface area (Å²) in [7, 11) is -4.34. The topological polar surface area (TPSA) is 131 Å². The number of nitrogens with one attached hydrogen (secondary N) is 1. The lowest BCUT2D eigenvalue weighted by Crippen LogP contribution is -2.45. The molecule has 44 heavy (non-hydrogen) atoms. The van der Waals surface area contributed by atoms with E-state index in [2.05, 4.69) is 43.5 Å². The smallest absolute Gasteiger partial charge is 0.387 e. The van der Waals surface area contributed by atoms with E-state index in [0.29, 0.717) is 6.42 Å². The summed E-state index contributed by atoms with van der Waals surface area (Å²) in [6.07, 6.45) is 34.7. The van der Waals surface area contributed by atoms with E-state index in [1.54, 1.807) is 6.08 Å². The fraction of sp³-hybridized carbons (Fsp3) is 0.800. The minimum Gasteiger partial charge on any atom is -0.387 e. The molecule has 5 N–H and O–H groups in total. The van der Waals surface area contributed by atoms with Crippen LogP contribution in [0.1, 0.15) is 149 Å². The molecule has 0 bridgehead atoms. The van der Waals surface area contributed by atoms with Gasteiger partial charge >= 0.3 is 7.82 Å². The Morgan fingerprint density at radius 2 is 1.20 bits per heavy atom. The maximum atomic E-state index is 12.6. The fourth-order valence-corrected chi connectivity index (χ4v) is 5.51. The second-order valence-corrected chi connectivity index (χ2v) is 13.2. The lowest BCUT2D eigenvalue weighted by Gasteiger charge is -2.23. The van der Waals surface area contributed by atoms with Crippen LogP contribution in [0.5, 0.6) is 0 Å². The highest BCUT2D eigenvalue weighted by Crippen LogP contribution is 2.43. The number of nitrogens with two attached hydrogens (primary N) is 1. The van der Waals surface area contributed by atoms with Gasteiger partial charge < -0.3 is 21.1 Å². The highest BCUT2D eigenvalue weighted by molar-refractivity contribution is 7.47. The van der Waals surface area contributed by atoms with Gasteiger partial charge in [-0.3, -0.25) is 13.8 Å². The number of hydrogen-bond acceptors (Lipinski definition) is 6. The Balaban J connectivity index is 4.47. The van der Waals surface area contributed by atoms with Gasteiger partial charge in [-0.25, -0.2) is 4.57 Å². The third kappa shape index (κ3) is 29.4. The Morgan fingerprint density at radius 1 is 0.727 bits per heavy atom. The molecule has 0 aromatic rings. The van der Waals surface area contributed by atoms with Gasteiger partial charge in [0.15, 0.2) is 0 Å². The number of phosphoric acid groups is 1. The maximum absolute atomic E-state index is 12.6. The van der Waals surface area contributed by atoms with E-state index in [1.807, 2.05) is 6.08 Å². The number of aliphatic hydroxyl groups is 1. The molecule has 0 aliphatic carbocycles. The van der Waals surface area contributed by atoms with Crippen LogP contribution < -0.4 is 11.1 Å². The van der Waals surface area contributed by atoms with E-state index in [1.165, 1.54) is 83.5 Å². The van der Waals surface area contributed by atoms with Gasteiger partial charge in [-0.2, -0.15) is 0 Å². The molecular formula is C35H67N2O6P. The van der Waals surface area contributed by atoms with Crippen LogP contribution in [0.3, 0.4) is 0 Å². The summed E-state index contributed by atoms with van der Waals surface area (Å²) in [4.78, 5) is 22.5. The summed E-state index contributed by atoms with van der Waals surface area (Å²) < 4.78 is 21.9.